The minimum Gasteiger partial charge on any atom is -0.497 e. The lowest BCUT2D eigenvalue weighted by molar-refractivity contribution is -0.140. The van der Waals surface area contributed by atoms with Crippen molar-refractivity contribution in [3.05, 3.63) is 59.9 Å². The number of amides is 2. The fourth-order valence-electron chi connectivity index (χ4n) is 3.30. The molecule has 1 N–H and O–H groups in total. The predicted octanol–water partition coefficient (Wildman–Crippen LogP) is 2.15. The number of rotatable bonds is 10. The monoisotopic (exact) mass is 465 g/mol. The number of carbonyl (C=O) groups is 2. The van der Waals surface area contributed by atoms with Crippen LogP contribution < -0.4 is 14.4 Å². The molecule has 32 heavy (non-hydrogen) atoms. The smallest absolute Gasteiger partial charge is 0.244 e. The third-order valence-corrected chi connectivity index (χ3v) is 6.04. The van der Waals surface area contributed by atoms with Crippen molar-refractivity contribution in [1.82, 2.24) is 10.2 Å². The third kappa shape index (κ3) is 6.43. The average Bonchev–Trinajstić information content (AvgIpc) is 2.76. The van der Waals surface area contributed by atoms with Gasteiger partial charge in [0.05, 0.1) is 19.1 Å². The van der Waals surface area contributed by atoms with Crippen LogP contribution in [0.3, 0.4) is 0 Å². The van der Waals surface area contributed by atoms with E-state index in [2.05, 4.69) is 5.32 Å². The van der Waals surface area contributed by atoms with Gasteiger partial charge in [-0.2, -0.15) is 0 Å². The second-order valence-corrected chi connectivity index (χ2v) is 9.07. The van der Waals surface area contributed by atoms with Crippen LogP contribution in [0, 0.1) is 5.82 Å². The Morgan fingerprint density at radius 2 is 1.84 bits per heavy atom. The van der Waals surface area contributed by atoms with Crippen molar-refractivity contribution in [2.24, 2.45) is 0 Å². The first-order valence-corrected chi connectivity index (χ1v) is 11.8. The van der Waals surface area contributed by atoms with E-state index in [1.54, 1.807) is 31.2 Å². The van der Waals surface area contributed by atoms with E-state index in [4.69, 9.17) is 4.74 Å². The number of carbonyl (C=O) groups excluding carboxylic acids is 2. The van der Waals surface area contributed by atoms with Crippen molar-refractivity contribution in [3.63, 3.8) is 0 Å². The van der Waals surface area contributed by atoms with E-state index in [-0.39, 0.29) is 18.1 Å². The average molecular weight is 466 g/mol. The molecule has 2 amide bonds. The number of nitrogens with one attached hydrogen (secondary N) is 1. The highest BCUT2D eigenvalue weighted by Crippen LogP contribution is 2.21. The van der Waals surface area contributed by atoms with E-state index in [1.807, 2.05) is 0 Å². The van der Waals surface area contributed by atoms with Crippen LogP contribution in [-0.4, -0.2) is 58.1 Å². The summed E-state index contributed by atoms with van der Waals surface area (Å²) in [5.41, 5.74) is 0.729. The molecule has 8 nitrogen and oxygen atoms in total. The van der Waals surface area contributed by atoms with Crippen molar-refractivity contribution < 1.29 is 27.1 Å². The molecule has 0 radical (unpaired) electrons. The molecule has 0 bridgehead atoms. The first-order valence-electron chi connectivity index (χ1n) is 9.98. The van der Waals surface area contributed by atoms with Gasteiger partial charge in [0.25, 0.3) is 0 Å². The van der Waals surface area contributed by atoms with Gasteiger partial charge in [-0.15, -0.1) is 0 Å². The van der Waals surface area contributed by atoms with Crippen molar-refractivity contribution in [2.75, 3.05) is 31.3 Å². The number of hydrogen-bond acceptors (Lipinski definition) is 5. The Kier molecular flexibility index (Phi) is 8.59. The van der Waals surface area contributed by atoms with E-state index < -0.39 is 34.3 Å². The van der Waals surface area contributed by atoms with Gasteiger partial charge in [0, 0.05) is 13.6 Å². The van der Waals surface area contributed by atoms with Crippen LogP contribution in [0.25, 0.3) is 0 Å². The maximum atomic E-state index is 13.7. The van der Waals surface area contributed by atoms with Crippen LogP contribution in [0.5, 0.6) is 5.75 Å². The predicted molar refractivity (Wildman–Crippen MR) is 120 cm³/mol. The summed E-state index contributed by atoms with van der Waals surface area (Å²) in [5.74, 6) is -1.02. The molecular formula is C22H28FN3O5S. The number of benzene rings is 2. The highest BCUT2D eigenvalue weighted by molar-refractivity contribution is 7.92. The standard InChI is InChI=1S/C22H28FN3O5S/c1-5-20(22(28)24-2)25(14-16-8-6-11-19(12-16)31-3)21(27)15-26(32(4,29)30)18-10-7-9-17(23)13-18/h6-13,20H,5,14-15H2,1-4H3,(H,24,28)/t20-/m1/s1. The van der Waals surface area contributed by atoms with Gasteiger partial charge in [-0.25, -0.2) is 12.8 Å². The Bertz CT molecular complexity index is 1060. The van der Waals surface area contributed by atoms with Crippen LogP contribution in [-0.2, 0) is 26.2 Å². The Balaban J connectivity index is 2.43. The van der Waals surface area contributed by atoms with E-state index in [0.717, 1.165) is 16.6 Å². The molecular weight excluding hydrogens is 437 g/mol. The second-order valence-electron chi connectivity index (χ2n) is 7.16. The highest BCUT2D eigenvalue weighted by atomic mass is 32.2. The zero-order valence-corrected chi connectivity index (χ0v) is 19.4. The normalized spacial score (nSPS) is 12.0. The summed E-state index contributed by atoms with van der Waals surface area (Å²) in [7, 11) is -0.921. The molecule has 0 saturated carbocycles. The minimum atomic E-state index is -3.91. The lowest BCUT2D eigenvalue weighted by Gasteiger charge is -2.32. The van der Waals surface area contributed by atoms with Crippen molar-refractivity contribution >= 4 is 27.5 Å². The molecule has 2 aromatic carbocycles. The molecule has 0 aliphatic heterocycles. The van der Waals surface area contributed by atoms with Gasteiger partial charge in [0.2, 0.25) is 21.8 Å². The third-order valence-electron chi connectivity index (χ3n) is 4.89. The second kappa shape index (κ2) is 10.9. The number of nitrogens with zero attached hydrogens (tertiary/aromatic N) is 2. The number of halogens is 1. The number of likely N-dealkylation sites (N-methyl/N-ethyl adjacent to an activating group) is 1. The maximum Gasteiger partial charge on any atom is 0.244 e. The highest BCUT2D eigenvalue weighted by Gasteiger charge is 2.31. The van der Waals surface area contributed by atoms with Crippen molar-refractivity contribution in [3.8, 4) is 5.75 Å². The minimum absolute atomic E-state index is 0.0233. The SMILES string of the molecule is CC[C@H](C(=O)NC)N(Cc1cccc(OC)c1)C(=O)CN(c1cccc(F)c1)S(C)(=O)=O. The molecule has 174 valence electrons. The molecule has 0 spiro atoms. The Hall–Kier alpha value is -3.14. The molecule has 0 aliphatic rings. The van der Waals surface area contributed by atoms with E-state index >= 15 is 0 Å². The van der Waals surface area contributed by atoms with Gasteiger partial charge in [-0.3, -0.25) is 13.9 Å². The lowest BCUT2D eigenvalue weighted by atomic mass is 10.1. The van der Waals surface area contributed by atoms with Gasteiger partial charge < -0.3 is 15.0 Å². The van der Waals surface area contributed by atoms with Crippen LogP contribution in [0.15, 0.2) is 48.5 Å². The quantitative estimate of drug-likeness (QED) is 0.580. The number of methoxy groups -OCH3 is 1. The van der Waals surface area contributed by atoms with Gasteiger partial charge >= 0.3 is 0 Å². The lowest BCUT2D eigenvalue weighted by Crippen LogP contribution is -2.51. The maximum absolute atomic E-state index is 13.7. The molecule has 10 heteroatoms. The summed E-state index contributed by atoms with van der Waals surface area (Å²) >= 11 is 0. The zero-order chi connectivity index (χ0) is 23.9. The molecule has 0 aromatic heterocycles. The molecule has 0 aliphatic carbocycles. The zero-order valence-electron chi connectivity index (χ0n) is 18.5. The fraction of sp³-hybridized carbons (Fsp3) is 0.364. The van der Waals surface area contributed by atoms with Crippen molar-refractivity contribution in [1.29, 1.82) is 0 Å². The largest absolute Gasteiger partial charge is 0.497 e. The number of hydrogen-bond donors (Lipinski definition) is 1. The number of ether oxygens (including phenoxy) is 1. The molecule has 0 fully saturated rings. The van der Waals surface area contributed by atoms with Gasteiger partial charge in [-0.1, -0.05) is 25.1 Å². The molecule has 0 saturated heterocycles. The topological polar surface area (TPSA) is 96.0 Å². The molecule has 1 atom stereocenters. The summed E-state index contributed by atoms with van der Waals surface area (Å²) in [5, 5.41) is 2.54. The molecule has 0 heterocycles. The van der Waals surface area contributed by atoms with E-state index in [1.165, 1.54) is 37.3 Å². The Morgan fingerprint density at radius 3 is 2.41 bits per heavy atom. The van der Waals surface area contributed by atoms with Gasteiger partial charge in [0.15, 0.2) is 0 Å². The van der Waals surface area contributed by atoms with E-state index in [9.17, 15) is 22.4 Å². The number of anilines is 1. The Labute approximate surface area is 188 Å². The van der Waals surface area contributed by atoms with Crippen LogP contribution in [0.2, 0.25) is 0 Å². The van der Waals surface area contributed by atoms with Crippen LogP contribution in [0.4, 0.5) is 10.1 Å². The fourth-order valence-corrected chi connectivity index (χ4v) is 4.14. The van der Waals surface area contributed by atoms with Crippen molar-refractivity contribution in [2.45, 2.75) is 25.9 Å². The molecule has 2 aromatic rings. The first kappa shape index (κ1) is 25.1. The van der Waals surface area contributed by atoms with Crippen LogP contribution in [0.1, 0.15) is 18.9 Å². The first-order chi connectivity index (χ1) is 15.1. The summed E-state index contributed by atoms with van der Waals surface area (Å²) in [6.07, 6.45) is 1.25. The summed E-state index contributed by atoms with van der Waals surface area (Å²) in [4.78, 5) is 27.2. The molecule has 2 rings (SSSR count). The Morgan fingerprint density at radius 1 is 1.16 bits per heavy atom. The molecule has 0 unspecified atom stereocenters. The summed E-state index contributed by atoms with van der Waals surface area (Å²) in [6.45, 7) is 1.23. The number of sulfonamides is 1. The van der Waals surface area contributed by atoms with Gasteiger partial charge in [-0.05, 0) is 42.3 Å². The van der Waals surface area contributed by atoms with Crippen LogP contribution >= 0.6 is 0 Å². The summed E-state index contributed by atoms with van der Waals surface area (Å²) < 4.78 is 44.6. The van der Waals surface area contributed by atoms with Gasteiger partial charge in [0.1, 0.15) is 24.2 Å². The van der Waals surface area contributed by atoms with E-state index in [0.29, 0.717) is 17.7 Å². The summed E-state index contributed by atoms with van der Waals surface area (Å²) in [6, 6.07) is 11.2.